The van der Waals surface area contributed by atoms with E-state index in [1.165, 1.54) is 16.4 Å². The minimum Gasteiger partial charge on any atom is -0.328 e. The molecular formula is C11H14BrCl3N2O2S. The van der Waals surface area contributed by atoms with Gasteiger partial charge < -0.3 is 5.73 Å². The topological polar surface area (TPSA) is 63.4 Å². The molecule has 1 aliphatic rings. The zero-order chi connectivity index (χ0) is 14.2. The average molecular weight is 425 g/mol. The Hall–Kier alpha value is 0.440. The van der Waals surface area contributed by atoms with Crippen LogP contribution in [-0.2, 0) is 10.0 Å². The van der Waals surface area contributed by atoms with Gasteiger partial charge >= 0.3 is 0 Å². The van der Waals surface area contributed by atoms with Crippen molar-refractivity contribution < 1.29 is 8.42 Å². The second-order valence-electron chi connectivity index (χ2n) is 4.44. The summed E-state index contributed by atoms with van der Waals surface area (Å²) in [6.07, 6.45) is 1.29. The second-order valence-corrected chi connectivity index (χ2v) is 8.04. The van der Waals surface area contributed by atoms with Crippen LogP contribution in [0.4, 0.5) is 0 Å². The number of piperidine rings is 1. The minimum absolute atomic E-state index is 0. The van der Waals surface area contributed by atoms with E-state index in [0.29, 0.717) is 30.4 Å². The van der Waals surface area contributed by atoms with Gasteiger partial charge in [-0.3, -0.25) is 0 Å². The van der Waals surface area contributed by atoms with E-state index in [1.54, 1.807) is 0 Å². The molecule has 1 saturated heterocycles. The summed E-state index contributed by atoms with van der Waals surface area (Å²) < 4.78 is 27.1. The molecule has 1 aliphatic heterocycles. The fraction of sp³-hybridized carbons (Fsp3) is 0.455. The van der Waals surface area contributed by atoms with Crippen LogP contribution in [0.3, 0.4) is 0 Å². The third-order valence-corrected chi connectivity index (χ3v) is 6.34. The highest BCUT2D eigenvalue weighted by Crippen LogP contribution is 2.35. The van der Waals surface area contributed by atoms with Gasteiger partial charge in [0.05, 0.1) is 10.0 Å². The molecule has 0 bridgehead atoms. The van der Waals surface area contributed by atoms with Crippen LogP contribution in [0.2, 0.25) is 10.0 Å². The molecule has 0 unspecified atom stereocenters. The van der Waals surface area contributed by atoms with Crippen LogP contribution in [0.15, 0.2) is 21.5 Å². The van der Waals surface area contributed by atoms with Gasteiger partial charge in [-0.25, -0.2) is 8.42 Å². The fourth-order valence-electron chi connectivity index (χ4n) is 2.02. The number of nitrogens with two attached hydrogens (primary N) is 1. The lowest BCUT2D eigenvalue weighted by Crippen LogP contribution is -2.42. The Morgan fingerprint density at radius 2 is 1.65 bits per heavy atom. The van der Waals surface area contributed by atoms with Crippen LogP contribution in [-0.4, -0.2) is 31.9 Å². The quantitative estimate of drug-likeness (QED) is 0.792. The van der Waals surface area contributed by atoms with E-state index in [2.05, 4.69) is 15.9 Å². The number of rotatable bonds is 2. The lowest BCUT2D eigenvalue weighted by atomic mass is 10.1. The van der Waals surface area contributed by atoms with Crippen molar-refractivity contribution in [3.8, 4) is 0 Å². The lowest BCUT2D eigenvalue weighted by molar-refractivity contribution is 0.320. The van der Waals surface area contributed by atoms with Gasteiger partial charge in [0, 0.05) is 23.6 Å². The monoisotopic (exact) mass is 422 g/mol. The molecule has 1 heterocycles. The Balaban J connectivity index is 0.00000200. The van der Waals surface area contributed by atoms with Crippen LogP contribution in [0.25, 0.3) is 0 Å². The molecule has 1 fully saturated rings. The van der Waals surface area contributed by atoms with Gasteiger partial charge in [-0.2, -0.15) is 4.31 Å². The smallest absolute Gasteiger partial charge is 0.246 e. The highest BCUT2D eigenvalue weighted by molar-refractivity contribution is 9.10. The molecule has 9 heteroatoms. The maximum Gasteiger partial charge on any atom is 0.246 e. The Bertz CT molecular complexity index is 566. The van der Waals surface area contributed by atoms with Gasteiger partial charge in [-0.15, -0.1) is 12.4 Å². The first-order valence-electron chi connectivity index (χ1n) is 5.72. The molecule has 4 nitrogen and oxygen atoms in total. The predicted octanol–water partition coefficient (Wildman–Crippen LogP) is 3.29. The van der Waals surface area contributed by atoms with Gasteiger partial charge in [0.1, 0.15) is 4.90 Å². The van der Waals surface area contributed by atoms with Gasteiger partial charge in [-0.1, -0.05) is 39.1 Å². The van der Waals surface area contributed by atoms with Crippen molar-refractivity contribution in [2.75, 3.05) is 13.1 Å². The number of hydrogen-bond acceptors (Lipinski definition) is 3. The summed E-state index contributed by atoms with van der Waals surface area (Å²) in [5.74, 6) is 0. The van der Waals surface area contributed by atoms with E-state index in [4.69, 9.17) is 28.9 Å². The van der Waals surface area contributed by atoms with E-state index in [9.17, 15) is 8.42 Å². The van der Waals surface area contributed by atoms with Crippen molar-refractivity contribution >= 4 is 61.6 Å². The molecule has 0 radical (unpaired) electrons. The van der Waals surface area contributed by atoms with E-state index in [1.807, 2.05) is 0 Å². The molecule has 0 aliphatic carbocycles. The SMILES string of the molecule is Cl.NC1CCN(S(=O)(=O)c2c(Cl)cc(Br)cc2Cl)CC1. The van der Waals surface area contributed by atoms with Crippen molar-refractivity contribution in [1.82, 2.24) is 4.31 Å². The zero-order valence-corrected chi connectivity index (χ0v) is 15.1. The Morgan fingerprint density at radius 1 is 1.20 bits per heavy atom. The Labute approximate surface area is 143 Å². The molecule has 20 heavy (non-hydrogen) atoms. The van der Waals surface area contributed by atoms with Crippen LogP contribution in [0.1, 0.15) is 12.8 Å². The molecule has 1 aromatic rings. The van der Waals surface area contributed by atoms with Gasteiger partial charge in [0.2, 0.25) is 10.0 Å². The number of nitrogens with zero attached hydrogens (tertiary/aromatic N) is 1. The number of hydrogen-bond donors (Lipinski definition) is 1. The molecule has 0 amide bonds. The predicted molar refractivity (Wildman–Crippen MR) is 87.4 cm³/mol. The molecular weight excluding hydrogens is 410 g/mol. The normalized spacial score (nSPS) is 17.8. The molecule has 2 rings (SSSR count). The summed E-state index contributed by atoms with van der Waals surface area (Å²) in [4.78, 5) is -0.0329. The van der Waals surface area contributed by atoms with E-state index < -0.39 is 10.0 Å². The first-order valence-corrected chi connectivity index (χ1v) is 8.71. The summed E-state index contributed by atoms with van der Waals surface area (Å²) in [6.45, 7) is 0.790. The lowest BCUT2D eigenvalue weighted by Gasteiger charge is -2.29. The second kappa shape index (κ2) is 7.13. The zero-order valence-electron chi connectivity index (χ0n) is 10.4. The van der Waals surface area contributed by atoms with Crippen molar-refractivity contribution in [2.45, 2.75) is 23.8 Å². The highest BCUT2D eigenvalue weighted by Gasteiger charge is 2.31. The van der Waals surface area contributed by atoms with Crippen molar-refractivity contribution in [1.29, 1.82) is 0 Å². The molecule has 0 aromatic heterocycles. The maximum absolute atomic E-state index is 12.5. The van der Waals surface area contributed by atoms with Crippen LogP contribution in [0, 0.1) is 0 Å². The molecule has 0 saturated carbocycles. The molecule has 0 atom stereocenters. The van der Waals surface area contributed by atoms with Crippen molar-refractivity contribution in [3.05, 3.63) is 26.7 Å². The maximum atomic E-state index is 12.5. The minimum atomic E-state index is -3.67. The van der Waals surface area contributed by atoms with E-state index in [-0.39, 0.29) is 33.4 Å². The van der Waals surface area contributed by atoms with Crippen LogP contribution in [0.5, 0.6) is 0 Å². The molecule has 2 N–H and O–H groups in total. The summed E-state index contributed by atoms with van der Waals surface area (Å²) in [5.41, 5.74) is 5.78. The summed E-state index contributed by atoms with van der Waals surface area (Å²) in [7, 11) is -3.67. The first kappa shape index (κ1) is 18.5. The van der Waals surface area contributed by atoms with Crippen LogP contribution < -0.4 is 5.73 Å². The summed E-state index contributed by atoms with van der Waals surface area (Å²) >= 11 is 15.3. The third kappa shape index (κ3) is 3.80. The Morgan fingerprint density at radius 3 is 2.10 bits per heavy atom. The van der Waals surface area contributed by atoms with E-state index >= 15 is 0 Å². The number of halogens is 4. The first-order chi connectivity index (χ1) is 8.82. The van der Waals surface area contributed by atoms with Gasteiger partial charge in [0.15, 0.2) is 0 Å². The van der Waals surface area contributed by atoms with Gasteiger partial charge in [-0.05, 0) is 25.0 Å². The summed E-state index contributed by atoms with van der Waals surface area (Å²) in [5, 5.41) is 0.239. The van der Waals surface area contributed by atoms with Crippen molar-refractivity contribution in [2.24, 2.45) is 5.73 Å². The van der Waals surface area contributed by atoms with Crippen LogP contribution >= 0.6 is 51.5 Å². The average Bonchev–Trinajstić information content (AvgIpc) is 2.27. The Kier molecular flexibility index (Phi) is 6.59. The largest absolute Gasteiger partial charge is 0.328 e. The third-order valence-electron chi connectivity index (χ3n) is 3.06. The number of benzene rings is 1. The van der Waals surface area contributed by atoms with E-state index in [0.717, 1.165) is 0 Å². The van der Waals surface area contributed by atoms with Gasteiger partial charge in [0.25, 0.3) is 0 Å². The van der Waals surface area contributed by atoms with Crippen molar-refractivity contribution in [3.63, 3.8) is 0 Å². The standard InChI is InChI=1S/C11H13BrCl2N2O2S.ClH/c12-7-5-9(13)11(10(14)6-7)19(17,18)16-3-1-8(15)2-4-16;/h5-6,8H,1-4,15H2;1H. The molecule has 114 valence electrons. The molecule has 0 spiro atoms. The number of sulfonamides is 1. The highest BCUT2D eigenvalue weighted by atomic mass is 79.9. The molecule has 1 aromatic carbocycles. The summed E-state index contributed by atoms with van der Waals surface area (Å²) in [6, 6.07) is 3.11. The fourth-order valence-corrected chi connectivity index (χ4v) is 5.37.